The highest BCUT2D eigenvalue weighted by Gasteiger charge is 2.20. The summed E-state index contributed by atoms with van der Waals surface area (Å²) in [4.78, 5) is -0.0820. The fourth-order valence-corrected chi connectivity index (χ4v) is 2.33. The zero-order valence-electron chi connectivity index (χ0n) is 8.94. The van der Waals surface area contributed by atoms with Crippen LogP contribution in [-0.2, 0) is 10.0 Å². The molecular weight excluding hydrogens is 236 g/mol. The Bertz CT molecular complexity index is 442. The van der Waals surface area contributed by atoms with Gasteiger partial charge in [0, 0.05) is 0 Å². The first-order valence-corrected chi connectivity index (χ1v) is 6.23. The Morgan fingerprint density at radius 1 is 1.19 bits per heavy atom. The van der Waals surface area contributed by atoms with Crippen molar-refractivity contribution < 1.29 is 17.2 Å². The summed E-state index contributed by atoms with van der Waals surface area (Å²) >= 11 is 0. The van der Waals surface area contributed by atoms with Crippen LogP contribution in [0.3, 0.4) is 0 Å². The molecule has 0 bridgehead atoms. The van der Waals surface area contributed by atoms with Gasteiger partial charge >= 0.3 is 0 Å². The highest BCUT2D eigenvalue weighted by molar-refractivity contribution is 7.89. The van der Waals surface area contributed by atoms with Crippen LogP contribution in [0.4, 0.5) is 8.78 Å². The van der Waals surface area contributed by atoms with Gasteiger partial charge in [-0.05, 0) is 38.1 Å². The lowest BCUT2D eigenvalue weighted by molar-refractivity contribution is 0.303. The van der Waals surface area contributed by atoms with Gasteiger partial charge in [-0.15, -0.1) is 0 Å². The number of alkyl halides is 1. The predicted molar refractivity (Wildman–Crippen MR) is 56.8 cm³/mol. The van der Waals surface area contributed by atoms with Crippen molar-refractivity contribution in [2.75, 3.05) is 0 Å². The summed E-state index contributed by atoms with van der Waals surface area (Å²) in [5.41, 5.74) is 0. The van der Waals surface area contributed by atoms with E-state index in [2.05, 4.69) is 4.72 Å². The van der Waals surface area contributed by atoms with Gasteiger partial charge in [0.05, 0.1) is 10.9 Å². The van der Waals surface area contributed by atoms with Crippen LogP contribution in [0.15, 0.2) is 29.2 Å². The molecule has 3 nitrogen and oxygen atoms in total. The van der Waals surface area contributed by atoms with Gasteiger partial charge in [-0.3, -0.25) is 0 Å². The third kappa shape index (κ3) is 3.24. The predicted octanol–water partition coefficient (Wildman–Crippen LogP) is 1.85. The summed E-state index contributed by atoms with van der Waals surface area (Å²) < 4.78 is 50.9. The number of halogens is 2. The minimum atomic E-state index is -3.78. The van der Waals surface area contributed by atoms with Gasteiger partial charge in [0.2, 0.25) is 10.0 Å². The van der Waals surface area contributed by atoms with Crippen molar-refractivity contribution in [1.29, 1.82) is 0 Å². The van der Waals surface area contributed by atoms with E-state index in [-0.39, 0.29) is 4.90 Å². The van der Waals surface area contributed by atoms with Crippen molar-refractivity contribution in [2.45, 2.75) is 31.0 Å². The van der Waals surface area contributed by atoms with Crippen molar-refractivity contribution in [3.05, 3.63) is 30.1 Å². The van der Waals surface area contributed by atoms with Crippen molar-refractivity contribution in [2.24, 2.45) is 0 Å². The van der Waals surface area contributed by atoms with Crippen LogP contribution in [-0.4, -0.2) is 20.6 Å². The zero-order chi connectivity index (χ0) is 12.3. The molecule has 1 aromatic carbocycles. The number of hydrogen-bond donors (Lipinski definition) is 1. The maximum atomic E-state index is 12.8. The van der Waals surface area contributed by atoms with E-state index >= 15 is 0 Å². The number of nitrogens with one attached hydrogen (secondary N) is 1. The molecule has 0 amide bonds. The molecule has 1 aromatic rings. The summed E-state index contributed by atoms with van der Waals surface area (Å²) in [6.07, 6.45) is -1.30. The van der Waals surface area contributed by atoms with Crippen molar-refractivity contribution in [3.63, 3.8) is 0 Å². The van der Waals surface area contributed by atoms with E-state index in [9.17, 15) is 17.2 Å². The van der Waals surface area contributed by atoms with Crippen LogP contribution < -0.4 is 4.72 Å². The van der Waals surface area contributed by atoms with E-state index in [0.29, 0.717) is 0 Å². The fourth-order valence-electron chi connectivity index (χ4n) is 1.02. The molecule has 0 unspecified atom stereocenters. The van der Waals surface area contributed by atoms with Crippen molar-refractivity contribution >= 4 is 10.0 Å². The molecule has 6 heteroatoms. The second-order valence-corrected chi connectivity index (χ2v) is 5.26. The van der Waals surface area contributed by atoms with Gasteiger partial charge in [-0.2, -0.15) is 0 Å². The molecule has 2 atom stereocenters. The Morgan fingerprint density at radius 3 is 2.12 bits per heavy atom. The molecule has 0 aliphatic rings. The molecule has 0 heterocycles. The minimum Gasteiger partial charge on any atom is -0.246 e. The quantitative estimate of drug-likeness (QED) is 0.885. The Labute approximate surface area is 93.5 Å². The lowest BCUT2D eigenvalue weighted by Gasteiger charge is -2.15. The lowest BCUT2D eigenvalue weighted by Crippen LogP contribution is -2.37. The zero-order valence-corrected chi connectivity index (χ0v) is 9.76. The second-order valence-electron chi connectivity index (χ2n) is 3.54. The second kappa shape index (κ2) is 4.88. The Hall–Kier alpha value is -1.01. The highest BCUT2D eigenvalue weighted by Crippen LogP contribution is 2.11. The average molecular weight is 249 g/mol. The summed E-state index contributed by atoms with van der Waals surface area (Å²) in [6.45, 7) is 2.68. The molecule has 16 heavy (non-hydrogen) atoms. The van der Waals surface area contributed by atoms with Crippen LogP contribution >= 0.6 is 0 Å². The van der Waals surface area contributed by atoms with Gasteiger partial charge < -0.3 is 0 Å². The van der Waals surface area contributed by atoms with Crippen LogP contribution in [0.25, 0.3) is 0 Å². The van der Waals surface area contributed by atoms with Gasteiger partial charge in [0.15, 0.2) is 0 Å². The molecule has 0 saturated heterocycles. The molecule has 1 N–H and O–H groups in total. The van der Waals surface area contributed by atoms with E-state index in [1.807, 2.05) is 0 Å². The summed E-state index contributed by atoms with van der Waals surface area (Å²) in [6, 6.07) is 3.52. The topological polar surface area (TPSA) is 46.2 Å². The monoisotopic (exact) mass is 249 g/mol. The number of benzene rings is 1. The molecule has 0 radical (unpaired) electrons. The maximum absolute atomic E-state index is 12.8. The molecule has 0 saturated carbocycles. The molecule has 1 rings (SSSR count). The SMILES string of the molecule is C[C@H](NS(=O)(=O)c1ccc(F)cc1)[C@@H](C)F. The van der Waals surface area contributed by atoms with Gasteiger partial charge in [0.1, 0.15) is 12.0 Å². The third-order valence-corrected chi connectivity index (χ3v) is 3.73. The van der Waals surface area contributed by atoms with E-state index in [0.717, 1.165) is 24.3 Å². The Balaban J connectivity index is 2.90. The molecular formula is C10H13F2NO2S. The highest BCUT2D eigenvalue weighted by atomic mass is 32.2. The first kappa shape index (κ1) is 13.1. The van der Waals surface area contributed by atoms with E-state index in [4.69, 9.17) is 0 Å². The first-order valence-electron chi connectivity index (χ1n) is 4.75. The van der Waals surface area contributed by atoms with Crippen LogP contribution in [0.1, 0.15) is 13.8 Å². The lowest BCUT2D eigenvalue weighted by atomic mass is 10.2. The number of hydrogen-bond acceptors (Lipinski definition) is 2. The fraction of sp³-hybridized carbons (Fsp3) is 0.400. The Morgan fingerprint density at radius 2 is 1.69 bits per heavy atom. The summed E-state index contributed by atoms with van der Waals surface area (Å²) in [5, 5.41) is 0. The molecule has 90 valence electrons. The smallest absolute Gasteiger partial charge is 0.240 e. The molecule has 0 aliphatic carbocycles. The van der Waals surface area contributed by atoms with E-state index < -0.39 is 28.1 Å². The molecule has 0 aromatic heterocycles. The standard InChI is InChI=1S/C10H13F2NO2S/c1-7(11)8(2)13-16(14,15)10-5-3-9(12)4-6-10/h3-8,13H,1-2H3/t7-,8+/m1/s1. The van der Waals surface area contributed by atoms with Crippen molar-refractivity contribution in [3.8, 4) is 0 Å². The van der Waals surface area contributed by atoms with E-state index in [1.165, 1.54) is 13.8 Å². The average Bonchev–Trinajstić information content (AvgIpc) is 2.17. The van der Waals surface area contributed by atoms with Crippen LogP contribution in [0.5, 0.6) is 0 Å². The normalized spacial score (nSPS) is 15.8. The largest absolute Gasteiger partial charge is 0.246 e. The number of rotatable bonds is 4. The van der Waals surface area contributed by atoms with Gasteiger partial charge in [-0.1, -0.05) is 0 Å². The summed E-state index contributed by atoms with van der Waals surface area (Å²) in [5.74, 6) is -0.522. The molecule has 0 spiro atoms. The summed E-state index contributed by atoms with van der Waals surface area (Å²) in [7, 11) is -3.78. The van der Waals surface area contributed by atoms with Crippen LogP contribution in [0.2, 0.25) is 0 Å². The van der Waals surface area contributed by atoms with Gasteiger partial charge in [0.25, 0.3) is 0 Å². The third-order valence-electron chi connectivity index (χ3n) is 2.15. The molecule has 0 aliphatic heterocycles. The molecule has 0 fully saturated rings. The minimum absolute atomic E-state index is 0.0820. The van der Waals surface area contributed by atoms with Gasteiger partial charge in [-0.25, -0.2) is 21.9 Å². The van der Waals surface area contributed by atoms with Crippen LogP contribution in [0, 0.1) is 5.82 Å². The maximum Gasteiger partial charge on any atom is 0.240 e. The van der Waals surface area contributed by atoms with Crippen molar-refractivity contribution in [1.82, 2.24) is 4.72 Å². The number of sulfonamides is 1. The van der Waals surface area contributed by atoms with E-state index in [1.54, 1.807) is 0 Å². The Kier molecular flexibility index (Phi) is 3.98. The first-order chi connectivity index (χ1) is 7.33.